The molecule has 0 fully saturated rings. The number of carboxylic acid groups (broad SMARTS) is 1. The number of allylic oxidation sites excluding steroid dienone is 2. The number of carboxylic acids is 1. The number of rotatable bonds is 7. The van der Waals surface area contributed by atoms with Gasteiger partial charge in [-0.3, -0.25) is 19.0 Å². The van der Waals surface area contributed by atoms with Crippen molar-refractivity contribution in [3.05, 3.63) is 96.7 Å². The van der Waals surface area contributed by atoms with Crippen molar-refractivity contribution in [2.75, 3.05) is 13.7 Å². The van der Waals surface area contributed by atoms with Gasteiger partial charge < -0.3 is 19.3 Å². The predicted molar refractivity (Wildman–Crippen MR) is 154 cm³/mol. The monoisotopic (exact) mass is 578 g/mol. The highest BCUT2D eigenvalue weighted by molar-refractivity contribution is 7.07. The van der Waals surface area contributed by atoms with Gasteiger partial charge in [-0.25, -0.2) is 9.79 Å². The molecule has 2 aromatic carbocycles. The van der Waals surface area contributed by atoms with Crippen LogP contribution < -0.4 is 24.4 Å². The van der Waals surface area contributed by atoms with E-state index in [0.717, 1.165) is 12.5 Å². The SMILES string of the molecule is CC(=O)O.CCOC(=O)C1=C(C)N=c2s/c(=C/C=C/c3ccccc3)c(=O)n2C1c1ccc(OC(C)=O)c(OC)c1. The third-order valence-corrected chi connectivity index (χ3v) is 6.61. The lowest BCUT2D eigenvalue weighted by atomic mass is 9.95. The number of nitrogens with zero attached hydrogens (tertiary/aromatic N) is 2. The number of hydrogen-bond donors (Lipinski definition) is 1. The number of aliphatic carboxylic acids is 1. The zero-order chi connectivity index (χ0) is 30.1. The Labute approximate surface area is 240 Å². The summed E-state index contributed by atoms with van der Waals surface area (Å²) in [5.41, 5.74) is 2.01. The summed E-state index contributed by atoms with van der Waals surface area (Å²) in [6.07, 6.45) is 5.46. The fourth-order valence-electron chi connectivity index (χ4n) is 4.03. The fraction of sp³-hybridized carbons (Fsp3) is 0.233. The van der Waals surface area contributed by atoms with Crippen LogP contribution in [0.15, 0.2) is 75.7 Å². The van der Waals surface area contributed by atoms with Gasteiger partial charge in [-0.2, -0.15) is 0 Å². The van der Waals surface area contributed by atoms with Crippen LogP contribution >= 0.6 is 11.3 Å². The first kappa shape index (κ1) is 30.8. The number of carbonyl (C=O) groups excluding carboxylic acids is 2. The minimum atomic E-state index is -0.833. The Kier molecular flexibility index (Phi) is 10.5. The maximum atomic E-state index is 13.6. The first-order chi connectivity index (χ1) is 19.6. The van der Waals surface area contributed by atoms with Crippen LogP contribution in [0.25, 0.3) is 12.2 Å². The zero-order valence-corrected chi connectivity index (χ0v) is 24.1. The van der Waals surface area contributed by atoms with Gasteiger partial charge >= 0.3 is 11.9 Å². The molecule has 10 nitrogen and oxygen atoms in total. The Hall–Kier alpha value is -4.77. The Morgan fingerprint density at radius 3 is 2.39 bits per heavy atom. The number of hydrogen-bond acceptors (Lipinski definition) is 9. The van der Waals surface area contributed by atoms with E-state index in [1.54, 1.807) is 38.1 Å². The summed E-state index contributed by atoms with van der Waals surface area (Å²) in [6, 6.07) is 13.8. The van der Waals surface area contributed by atoms with Crippen LogP contribution in [0.3, 0.4) is 0 Å². The average Bonchev–Trinajstić information content (AvgIpc) is 3.22. The average molecular weight is 579 g/mol. The van der Waals surface area contributed by atoms with E-state index in [1.165, 1.54) is 29.9 Å². The molecular formula is C30H30N2O8S. The lowest BCUT2D eigenvalue weighted by Gasteiger charge is -2.25. The largest absolute Gasteiger partial charge is 0.493 e. The van der Waals surface area contributed by atoms with Crippen molar-refractivity contribution in [2.45, 2.75) is 33.7 Å². The number of fused-ring (bicyclic) bond motifs is 1. The molecule has 214 valence electrons. The second kappa shape index (κ2) is 14.0. The van der Waals surface area contributed by atoms with Crippen molar-refractivity contribution in [2.24, 2.45) is 4.99 Å². The minimum absolute atomic E-state index is 0.172. The molecule has 4 rings (SSSR count). The first-order valence-corrected chi connectivity index (χ1v) is 13.4. The second-order valence-electron chi connectivity index (χ2n) is 8.62. The Morgan fingerprint density at radius 1 is 1.10 bits per heavy atom. The molecule has 2 heterocycles. The quantitative estimate of drug-likeness (QED) is 0.333. The molecule has 0 spiro atoms. The van der Waals surface area contributed by atoms with E-state index in [-0.39, 0.29) is 23.5 Å². The molecule has 0 bridgehead atoms. The third kappa shape index (κ3) is 7.67. The van der Waals surface area contributed by atoms with Crippen molar-refractivity contribution < 1.29 is 33.7 Å². The van der Waals surface area contributed by atoms with Gasteiger partial charge in [0, 0.05) is 13.8 Å². The van der Waals surface area contributed by atoms with E-state index in [0.29, 0.717) is 26.3 Å². The van der Waals surface area contributed by atoms with Gasteiger partial charge in [0.1, 0.15) is 0 Å². The van der Waals surface area contributed by atoms with Crippen molar-refractivity contribution in [3.63, 3.8) is 0 Å². The maximum Gasteiger partial charge on any atom is 0.338 e. The number of esters is 2. The number of thiazole rings is 1. The summed E-state index contributed by atoms with van der Waals surface area (Å²) in [4.78, 5) is 52.2. The summed E-state index contributed by atoms with van der Waals surface area (Å²) in [6.45, 7) is 5.98. The van der Waals surface area contributed by atoms with Crippen LogP contribution in [0.4, 0.5) is 0 Å². The second-order valence-corrected chi connectivity index (χ2v) is 9.63. The topological polar surface area (TPSA) is 133 Å². The number of benzene rings is 2. The summed E-state index contributed by atoms with van der Waals surface area (Å²) in [5, 5.41) is 7.42. The lowest BCUT2D eigenvalue weighted by Crippen LogP contribution is -2.39. The molecule has 0 saturated heterocycles. The normalized spacial score (nSPS) is 14.5. The van der Waals surface area contributed by atoms with E-state index in [9.17, 15) is 14.4 Å². The van der Waals surface area contributed by atoms with Crippen LogP contribution in [0.5, 0.6) is 11.5 Å². The number of methoxy groups -OCH3 is 1. The van der Waals surface area contributed by atoms with Gasteiger partial charge in [-0.1, -0.05) is 59.9 Å². The van der Waals surface area contributed by atoms with Crippen molar-refractivity contribution in [1.82, 2.24) is 4.57 Å². The molecule has 1 aliphatic heterocycles. The van der Waals surface area contributed by atoms with E-state index in [1.807, 2.05) is 42.5 Å². The summed E-state index contributed by atoms with van der Waals surface area (Å²) >= 11 is 1.24. The highest BCUT2D eigenvalue weighted by atomic mass is 32.1. The number of aromatic nitrogens is 1. The van der Waals surface area contributed by atoms with Gasteiger partial charge in [-0.05, 0) is 43.2 Å². The molecule has 0 radical (unpaired) electrons. The summed E-state index contributed by atoms with van der Waals surface area (Å²) < 4.78 is 17.9. The highest BCUT2D eigenvalue weighted by Gasteiger charge is 2.34. The molecule has 1 aromatic heterocycles. The minimum Gasteiger partial charge on any atom is -0.493 e. The fourth-order valence-corrected chi connectivity index (χ4v) is 5.02. The number of ether oxygens (including phenoxy) is 3. The van der Waals surface area contributed by atoms with Gasteiger partial charge in [-0.15, -0.1) is 0 Å². The molecule has 0 aliphatic carbocycles. The standard InChI is InChI=1S/C28H26N2O6S.C2H4O2/c1-5-35-27(33)24-17(2)29-28-30(25(24)20-14-15-21(36-18(3)31)22(16-20)34-4)26(32)23(37-28)13-9-12-19-10-7-6-8-11-19;1-2(3)4/h6-16,25H,5H2,1-4H3;1H3,(H,3,4)/b12-9+,23-13+;. The molecule has 11 heteroatoms. The molecule has 0 amide bonds. The van der Waals surface area contributed by atoms with Gasteiger partial charge in [0.25, 0.3) is 11.5 Å². The predicted octanol–water partition coefficient (Wildman–Crippen LogP) is 3.49. The van der Waals surface area contributed by atoms with Crippen LogP contribution in [-0.4, -0.2) is 41.3 Å². The van der Waals surface area contributed by atoms with Gasteiger partial charge in [0.15, 0.2) is 16.3 Å². The van der Waals surface area contributed by atoms with Crippen LogP contribution in [0.1, 0.15) is 44.9 Å². The molecule has 1 unspecified atom stereocenters. The van der Waals surface area contributed by atoms with E-state index in [2.05, 4.69) is 4.99 Å². The molecule has 1 N–H and O–H groups in total. The maximum absolute atomic E-state index is 13.6. The molecule has 1 atom stereocenters. The van der Waals surface area contributed by atoms with Gasteiger partial charge in [0.2, 0.25) is 0 Å². The first-order valence-electron chi connectivity index (χ1n) is 12.5. The summed E-state index contributed by atoms with van der Waals surface area (Å²) in [5.74, 6) is -1.37. The smallest absolute Gasteiger partial charge is 0.338 e. The van der Waals surface area contributed by atoms with E-state index in [4.69, 9.17) is 24.1 Å². The highest BCUT2D eigenvalue weighted by Crippen LogP contribution is 2.36. The Balaban J connectivity index is 0.00000108. The Morgan fingerprint density at radius 2 is 1.78 bits per heavy atom. The van der Waals surface area contributed by atoms with Crippen LogP contribution in [0, 0.1) is 0 Å². The van der Waals surface area contributed by atoms with Crippen molar-refractivity contribution in [3.8, 4) is 11.5 Å². The lowest BCUT2D eigenvalue weighted by molar-refractivity contribution is -0.139. The molecule has 0 saturated carbocycles. The number of carbonyl (C=O) groups is 3. The van der Waals surface area contributed by atoms with E-state index < -0.39 is 23.9 Å². The van der Waals surface area contributed by atoms with Gasteiger partial charge in [0.05, 0.1) is 35.6 Å². The van der Waals surface area contributed by atoms with Crippen molar-refractivity contribution in [1.29, 1.82) is 0 Å². The van der Waals surface area contributed by atoms with Crippen molar-refractivity contribution >= 4 is 41.4 Å². The summed E-state index contributed by atoms with van der Waals surface area (Å²) in [7, 11) is 1.45. The Bertz CT molecular complexity index is 1680. The third-order valence-electron chi connectivity index (χ3n) is 5.61. The molecular weight excluding hydrogens is 548 g/mol. The zero-order valence-electron chi connectivity index (χ0n) is 23.2. The van der Waals surface area contributed by atoms with E-state index >= 15 is 0 Å². The molecule has 3 aromatic rings. The van der Waals surface area contributed by atoms with Crippen LogP contribution in [-0.2, 0) is 19.1 Å². The van der Waals surface area contributed by atoms with Crippen LogP contribution in [0.2, 0.25) is 0 Å². The molecule has 1 aliphatic rings. The molecule has 41 heavy (non-hydrogen) atoms.